The lowest BCUT2D eigenvalue weighted by Crippen LogP contribution is -2.45. The van der Waals surface area contributed by atoms with Crippen molar-refractivity contribution in [3.63, 3.8) is 0 Å². The number of rotatable bonds is 8. The second kappa shape index (κ2) is 9.12. The smallest absolute Gasteiger partial charge is 0.328 e. The summed E-state index contributed by atoms with van der Waals surface area (Å²) >= 11 is 0. The van der Waals surface area contributed by atoms with E-state index in [-0.39, 0.29) is 23.8 Å². The van der Waals surface area contributed by atoms with Crippen molar-refractivity contribution in [3.05, 3.63) is 40.4 Å². The monoisotopic (exact) mass is 359 g/mol. The van der Waals surface area contributed by atoms with Crippen molar-refractivity contribution in [2.45, 2.75) is 45.6 Å². The number of carbonyl (C=O) groups is 2. The predicted octanol–water partition coefficient (Wildman–Crippen LogP) is 1.95. The Bertz CT molecular complexity index is 831. The van der Waals surface area contributed by atoms with Crippen LogP contribution in [-0.4, -0.2) is 35.0 Å². The summed E-state index contributed by atoms with van der Waals surface area (Å²) in [7, 11) is 1.31. The lowest BCUT2D eigenvalue weighted by Gasteiger charge is -2.21. The highest BCUT2D eigenvalue weighted by Crippen LogP contribution is 2.11. The normalized spacial score (nSPS) is 13.2. The molecule has 2 atom stereocenters. The van der Waals surface area contributed by atoms with E-state index in [1.807, 2.05) is 19.9 Å². The first-order chi connectivity index (χ1) is 12.5. The maximum atomic E-state index is 12.2. The van der Waals surface area contributed by atoms with E-state index >= 15 is 0 Å². The minimum absolute atomic E-state index is 0.00934. The molecule has 0 aliphatic rings. The maximum Gasteiger partial charge on any atom is 0.328 e. The van der Waals surface area contributed by atoms with Crippen LogP contribution in [0.25, 0.3) is 10.9 Å². The number of ether oxygens (including phenoxy) is 1. The molecule has 1 heterocycles. The number of aromatic nitrogens is 2. The number of H-pyrrole nitrogens is 1. The number of nitrogens with zero attached hydrogens (tertiary/aromatic N) is 1. The maximum absolute atomic E-state index is 12.2. The van der Waals surface area contributed by atoms with Gasteiger partial charge in [-0.1, -0.05) is 32.4 Å². The molecule has 2 rings (SSSR count). The summed E-state index contributed by atoms with van der Waals surface area (Å²) in [5.41, 5.74) is 0.454. The third-order valence-corrected chi connectivity index (χ3v) is 4.46. The zero-order chi connectivity index (χ0) is 19.1. The van der Waals surface area contributed by atoms with E-state index in [9.17, 15) is 14.4 Å². The first kappa shape index (κ1) is 19.6. The van der Waals surface area contributed by atoms with Crippen molar-refractivity contribution in [2.24, 2.45) is 5.92 Å². The van der Waals surface area contributed by atoms with Gasteiger partial charge < -0.3 is 15.0 Å². The molecule has 0 aliphatic heterocycles. The fraction of sp³-hybridized carbons (Fsp3) is 0.474. The minimum atomic E-state index is -0.642. The molecule has 7 heteroatoms. The molecule has 0 radical (unpaired) electrons. The third-order valence-electron chi connectivity index (χ3n) is 4.46. The molecular weight excluding hydrogens is 334 g/mol. The van der Waals surface area contributed by atoms with Crippen LogP contribution in [-0.2, 0) is 20.7 Å². The van der Waals surface area contributed by atoms with Crippen LogP contribution in [0, 0.1) is 5.92 Å². The average Bonchev–Trinajstić information content (AvgIpc) is 2.65. The minimum Gasteiger partial charge on any atom is -0.467 e. The lowest BCUT2D eigenvalue weighted by atomic mass is 9.99. The van der Waals surface area contributed by atoms with E-state index in [1.54, 1.807) is 18.2 Å². The Hall–Kier alpha value is -2.70. The molecular formula is C19H25N3O4. The van der Waals surface area contributed by atoms with Gasteiger partial charge in [-0.2, -0.15) is 0 Å². The van der Waals surface area contributed by atoms with Gasteiger partial charge in [0.1, 0.15) is 11.9 Å². The van der Waals surface area contributed by atoms with Crippen LogP contribution in [0.2, 0.25) is 0 Å². The van der Waals surface area contributed by atoms with E-state index < -0.39 is 12.0 Å². The summed E-state index contributed by atoms with van der Waals surface area (Å²) in [4.78, 5) is 43.2. The molecule has 0 saturated carbocycles. The summed E-state index contributed by atoms with van der Waals surface area (Å²) in [5, 5.41) is 3.28. The zero-order valence-corrected chi connectivity index (χ0v) is 15.4. The van der Waals surface area contributed by atoms with E-state index in [2.05, 4.69) is 15.3 Å². The van der Waals surface area contributed by atoms with Gasteiger partial charge in [-0.3, -0.25) is 9.59 Å². The van der Waals surface area contributed by atoms with Gasteiger partial charge in [-0.15, -0.1) is 0 Å². The third kappa shape index (κ3) is 4.91. The van der Waals surface area contributed by atoms with Gasteiger partial charge in [-0.05, 0) is 24.5 Å². The number of aromatic amines is 1. The Labute approximate surface area is 152 Å². The van der Waals surface area contributed by atoms with E-state index in [0.717, 1.165) is 6.42 Å². The van der Waals surface area contributed by atoms with Gasteiger partial charge in [0.25, 0.3) is 5.56 Å². The van der Waals surface area contributed by atoms with Crippen molar-refractivity contribution < 1.29 is 14.3 Å². The zero-order valence-electron chi connectivity index (χ0n) is 15.4. The number of aryl methyl sites for hydroxylation is 1. The molecule has 0 aliphatic carbocycles. The van der Waals surface area contributed by atoms with Crippen molar-refractivity contribution in [2.75, 3.05) is 7.11 Å². The van der Waals surface area contributed by atoms with Crippen LogP contribution in [0.15, 0.2) is 29.1 Å². The SMILES string of the molecule is CCC(C)C(NC(=O)CCCc1nc2ccccc2c(=O)[nH]1)C(=O)OC. The summed E-state index contributed by atoms with van der Waals surface area (Å²) in [5.74, 6) is -0.116. The van der Waals surface area contributed by atoms with Crippen LogP contribution in [0.1, 0.15) is 38.9 Å². The molecule has 2 aromatic rings. The summed E-state index contributed by atoms with van der Waals surface area (Å²) in [6.45, 7) is 3.85. The van der Waals surface area contributed by atoms with Crippen LogP contribution in [0.3, 0.4) is 0 Å². The Balaban J connectivity index is 1.93. The van der Waals surface area contributed by atoms with Gasteiger partial charge in [0.2, 0.25) is 5.91 Å². The highest BCUT2D eigenvalue weighted by molar-refractivity contribution is 5.84. The van der Waals surface area contributed by atoms with E-state index in [4.69, 9.17) is 4.74 Å². The number of amides is 1. The van der Waals surface area contributed by atoms with Crippen LogP contribution < -0.4 is 10.9 Å². The number of fused-ring (bicyclic) bond motifs is 1. The van der Waals surface area contributed by atoms with E-state index in [0.29, 0.717) is 29.6 Å². The standard InChI is InChI=1S/C19H25N3O4/c1-4-12(2)17(19(25)26-3)22-16(23)11-7-10-15-20-14-9-6-5-8-13(14)18(24)21-15/h5-6,8-9,12,17H,4,7,10-11H2,1-3H3,(H,22,23)(H,20,21,24). The molecule has 7 nitrogen and oxygen atoms in total. The molecule has 1 aromatic carbocycles. The molecule has 1 amide bonds. The van der Waals surface area contributed by atoms with Gasteiger partial charge in [-0.25, -0.2) is 9.78 Å². The Morgan fingerprint density at radius 3 is 2.73 bits per heavy atom. The van der Waals surface area contributed by atoms with Crippen LogP contribution in [0.4, 0.5) is 0 Å². The average molecular weight is 359 g/mol. The van der Waals surface area contributed by atoms with Crippen molar-refractivity contribution in [1.82, 2.24) is 15.3 Å². The molecule has 1 aromatic heterocycles. The van der Waals surface area contributed by atoms with Crippen molar-refractivity contribution in [1.29, 1.82) is 0 Å². The van der Waals surface area contributed by atoms with Gasteiger partial charge in [0.05, 0.1) is 18.0 Å². The first-order valence-corrected chi connectivity index (χ1v) is 8.81. The highest BCUT2D eigenvalue weighted by atomic mass is 16.5. The molecule has 0 fully saturated rings. The summed E-state index contributed by atoms with van der Waals surface area (Å²) < 4.78 is 4.76. The largest absolute Gasteiger partial charge is 0.467 e. The van der Waals surface area contributed by atoms with Crippen LogP contribution in [0.5, 0.6) is 0 Å². The second-order valence-electron chi connectivity index (χ2n) is 6.34. The molecule has 26 heavy (non-hydrogen) atoms. The number of carbonyl (C=O) groups excluding carboxylic acids is 2. The number of hydrogen-bond donors (Lipinski definition) is 2. The Morgan fingerprint density at radius 1 is 1.31 bits per heavy atom. The number of methoxy groups -OCH3 is 1. The molecule has 140 valence electrons. The van der Waals surface area contributed by atoms with Gasteiger partial charge in [0.15, 0.2) is 0 Å². The predicted molar refractivity (Wildman–Crippen MR) is 98.7 cm³/mol. The number of para-hydroxylation sites is 1. The highest BCUT2D eigenvalue weighted by Gasteiger charge is 2.26. The second-order valence-corrected chi connectivity index (χ2v) is 6.34. The number of hydrogen-bond acceptors (Lipinski definition) is 5. The quantitative estimate of drug-likeness (QED) is 0.702. The van der Waals surface area contributed by atoms with Gasteiger partial charge in [0, 0.05) is 12.8 Å². The van der Waals surface area contributed by atoms with Crippen molar-refractivity contribution in [3.8, 4) is 0 Å². The topological polar surface area (TPSA) is 101 Å². The Morgan fingerprint density at radius 2 is 2.04 bits per heavy atom. The number of esters is 1. The van der Waals surface area contributed by atoms with Crippen molar-refractivity contribution >= 4 is 22.8 Å². The molecule has 0 spiro atoms. The lowest BCUT2D eigenvalue weighted by molar-refractivity contribution is -0.146. The summed E-state index contributed by atoms with van der Waals surface area (Å²) in [6, 6.07) is 6.48. The molecule has 2 unspecified atom stereocenters. The van der Waals surface area contributed by atoms with Gasteiger partial charge >= 0.3 is 5.97 Å². The fourth-order valence-electron chi connectivity index (χ4n) is 2.71. The number of benzene rings is 1. The Kier molecular flexibility index (Phi) is 6.89. The first-order valence-electron chi connectivity index (χ1n) is 8.81. The molecule has 0 saturated heterocycles. The van der Waals surface area contributed by atoms with Crippen LogP contribution >= 0.6 is 0 Å². The van der Waals surface area contributed by atoms with E-state index in [1.165, 1.54) is 7.11 Å². The molecule has 2 N–H and O–H groups in total. The summed E-state index contributed by atoms with van der Waals surface area (Å²) in [6.07, 6.45) is 1.98. The number of nitrogens with one attached hydrogen (secondary N) is 2. The fourth-order valence-corrected chi connectivity index (χ4v) is 2.71. The molecule has 0 bridgehead atoms.